The van der Waals surface area contributed by atoms with E-state index in [0.717, 1.165) is 49.1 Å². The van der Waals surface area contributed by atoms with Crippen molar-refractivity contribution in [3.63, 3.8) is 0 Å². The van der Waals surface area contributed by atoms with Crippen LogP contribution in [-0.2, 0) is 0 Å². The summed E-state index contributed by atoms with van der Waals surface area (Å²) >= 11 is 0. The number of unbranched alkanes of at least 4 members (excludes halogenated alkanes) is 1. The Labute approximate surface area is 129 Å². The standard InChI is InChI=1S/C16H31N5/c1-7-17-15-13(4)16(20-14(19-15)12(2)3)18-10-8-9-11-21(5)6/h12H,7-11H2,1-6H3,(H2,17,18,19,20). The Bertz CT molecular complexity index is 429. The molecule has 0 aliphatic heterocycles. The highest BCUT2D eigenvalue weighted by Gasteiger charge is 2.12. The molecule has 5 nitrogen and oxygen atoms in total. The minimum atomic E-state index is 0.331. The van der Waals surface area contributed by atoms with Crippen LogP contribution in [0.5, 0.6) is 0 Å². The summed E-state index contributed by atoms with van der Waals surface area (Å²) in [5.41, 5.74) is 1.11. The molecule has 5 heteroatoms. The van der Waals surface area contributed by atoms with Crippen molar-refractivity contribution in [3.05, 3.63) is 11.4 Å². The normalized spacial score (nSPS) is 11.2. The van der Waals surface area contributed by atoms with E-state index < -0.39 is 0 Å². The molecule has 1 heterocycles. The van der Waals surface area contributed by atoms with Crippen molar-refractivity contribution < 1.29 is 0 Å². The lowest BCUT2D eigenvalue weighted by Gasteiger charge is -2.16. The third kappa shape index (κ3) is 5.87. The quantitative estimate of drug-likeness (QED) is 0.685. The van der Waals surface area contributed by atoms with Crippen molar-refractivity contribution in [2.24, 2.45) is 0 Å². The van der Waals surface area contributed by atoms with Gasteiger partial charge in [0.15, 0.2) is 0 Å². The molecule has 0 bridgehead atoms. The molecule has 0 amide bonds. The number of nitrogens with one attached hydrogen (secondary N) is 2. The molecule has 1 rings (SSSR count). The number of aromatic nitrogens is 2. The molecule has 21 heavy (non-hydrogen) atoms. The molecule has 0 saturated heterocycles. The van der Waals surface area contributed by atoms with Crippen molar-refractivity contribution in [1.29, 1.82) is 0 Å². The maximum Gasteiger partial charge on any atom is 0.135 e. The van der Waals surface area contributed by atoms with Crippen molar-refractivity contribution in [3.8, 4) is 0 Å². The van der Waals surface area contributed by atoms with Gasteiger partial charge in [0.1, 0.15) is 17.5 Å². The minimum Gasteiger partial charge on any atom is -0.370 e. The summed E-state index contributed by atoms with van der Waals surface area (Å²) in [6.07, 6.45) is 2.34. The van der Waals surface area contributed by atoms with Crippen LogP contribution >= 0.6 is 0 Å². The molecular formula is C16H31N5. The zero-order valence-corrected chi connectivity index (χ0v) is 14.5. The predicted octanol–water partition coefficient (Wildman–Crippen LogP) is 3.09. The van der Waals surface area contributed by atoms with E-state index in [1.807, 2.05) is 0 Å². The molecule has 1 aromatic heterocycles. The minimum absolute atomic E-state index is 0.331. The lowest BCUT2D eigenvalue weighted by Crippen LogP contribution is -2.15. The largest absolute Gasteiger partial charge is 0.370 e. The van der Waals surface area contributed by atoms with Crippen LogP contribution in [-0.4, -0.2) is 48.6 Å². The van der Waals surface area contributed by atoms with Crippen LogP contribution in [0.3, 0.4) is 0 Å². The fourth-order valence-electron chi connectivity index (χ4n) is 2.06. The Morgan fingerprint density at radius 3 is 2.19 bits per heavy atom. The van der Waals surface area contributed by atoms with Crippen molar-refractivity contribution >= 4 is 11.6 Å². The van der Waals surface area contributed by atoms with Gasteiger partial charge in [-0.15, -0.1) is 0 Å². The number of anilines is 2. The Hall–Kier alpha value is -1.36. The van der Waals surface area contributed by atoms with E-state index in [1.54, 1.807) is 0 Å². The average Bonchev–Trinajstić information content (AvgIpc) is 2.41. The molecule has 0 aliphatic carbocycles. The summed E-state index contributed by atoms with van der Waals surface area (Å²) in [5.74, 6) is 3.14. The van der Waals surface area contributed by atoms with Gasteiger partial charge in [0, 0.05) is 24.6 Å². The van der Waals surface area contributed by atoms with E-state index in [0.29, 0.717) is 5.92 Å². The fourth-order valence-corrected chi connectivity index (χ4v) is 2.06. The maximum absolute atomic E-state index is 4.67. The van der Waals surface area contributed by atoms with E-state index in [2.05, 4.69) is 67.3 Å². The third-order valence-electron chi connectivity index (χ3n) is 3.35. The average molecular weight is 293 g/mol. The van der Waals surface area contributed by atoms with Gasteiger partial charge >= 0.3 is 0 Å². The highest BCUT2D eigenvalue weighted by Crippen LogP contribution is 2.23. The molecule has 0 spiro atoms. The van der Waals surface area contributed by atoms with Gasteiger partial charge in [0.25, 0.3) is 0 Å². The summed E-state index contributed by atoms with van der Waals surface area (Å²) in [7, 11) is 4.22. The van der Waals surface area contributed by atoms with Gasteiger partial charge in [-0.05, 0) is 47.3 Å². The lowest BCUT2D eigenvalue weighted by molar-refractivity contribution is 0.396. The third-order valence-corrected chi connectivity index (χ3v) is 3.35. The van der Waals surface area contributed by atoms with Gasteiger partial charge in [0.05, 0.1) is 0 Å². The highest BCUT2D eigenvalue weighted by molar-refractivity contribution is 5.57. The molecule has 0 radical (unpaired) electrons. The monoisotopic (exact) mass is 293 g/mol. The molecule has 0 fully saturated rings. The van der Waals surface area contributed by atoms with E-state index in [9.17, 15) is 0 Å². The van der Waals surface area contributed by atoms with Crippen LogP contribution in [0.15, 0.2) is 0 Å². The SMILES string of the molecule is CCNc1nc(C(C)C)nc(NCCCCN(C)C)c1C. The van der Waals surface area contributed by atoms with E-state index in [1.165, 1.54) is 6.42 Å². The fraction of sp³-hybridized carbons (Fsp3) is 0.750. The van der Waals surface area contributed by atoms with Gasteiger partial charge in [-0.1, -0.05) is 13.8 Å². The zero-order chi connectivity index (χ0) is 15.8. The Kier molecular flexibility index (Phi) is 7.43. The Morgan fingerprint density at radius 2 is 1.67 bits per heavy atom. The summed E-state index contributed by atoms with van der Waals surface area (Å²) in [5, 5.41) is 6.80. The number of hydrogen-bond acceptors (Lipinski definition) is 5. The van der Waals surface area contributed by atoms with E-state index >= 15 is 0 Å². The van der Waals surface area contributed by atoms with Gasteiger partial charge in [-0.3, -0.25) is 0 Å². The smallest absolute Gasteiger partial charge is 0.135 e. The van der Waals surface area contributed by atoms with Gasteiger partial charge in [-0.25, -0.2) is 9.97 Å². The lowest BCUT2D eigenvalue weighted by atomic mass is 10.2. The second-order valence-electron chi connectivity index (χ2n) is 6.03. The highest BCUT2D eigenvalue weighted by atomic mass is 15.1. The Balaban J connectivity index is 2.70. The number of hydrogen-bond donors (Lipinski definition) is 2. The van der Waals surface area contributed by atoms with Crippen LogP contribution in [0.1, 0.15) is 50.9 Å². The van der Waals surface area contributed by atoms with Crippen LogP contribution in [0.2, 0.25) is 0 Å². The first-order valence-corrected chi connectivity index (χ1v) is 7.96. The molecule has 0 aromatic carbocycles. The van der Waals surface area contributed by atoms with Crippen molar-refractivity contribution in [2.75, 3.05) is 44.4 Å². The van der Waals surface area contributed by atoms with Gasteiger partial charge in [-0.2, -0.15) is 0 Å². The summed E-state index contributed by atoms with van der Waals surface area (Å²) in [6.45, 7) is 11.4. The second-order valence-corrected chi connectivity index (χ2v) is 6.03. The second kappa shape index (κ2) is 8.82. The van der Waals surface area contributed by atoms with Crippen LogP contribution in [0.4, 0.5) is 11.6 Å². The topological polar surface area (TPSA) is 53.1 Å². The maximum atomic E-state index is 4.67. The molecule has 2 N–H and O–H groups in total. The van der Waals surface area contributed by atoms with E-state index in [-0.39, 0.29) is 0 Å². The van der Waals surface area contributed by atoms with Crippen molar-refractivity contribution in [2.45, 2.75) is 46.5 Å². The molecular weight excluding hydrogens is 262 g/mol. The molecule has 0 atom stereocenters. The molecule has 1 aromatic rings. The van der Waals surface area contributed by atoms with Crippen LogP contribution in [0, 0.1) is 6.92 Å². The van der Waals surface area contributed by atoms with Crippen molar-refractivity contribution in [1.82, 2.24) is 14.9 Å². The first-order valence-electron chi connectivity index (χ1n) is 7.96. The summed E-state index contributed by atoms with van der Waals surface area (Å²) in [6, 6.07) is 0. The zero-order valence-electron chi connectivity index (χ0n) is 14.5. The Morgan fingerprint density at radius 1 is 1.05 bits per heavy atom. The number of rotatable bonds is 9. The first-order chi connectivity index (χ1) is 9.95. The predicted molar refractivity (Wildman–Crippen MR) is 91.3 cm³/mol. The van der Waals surface area contributed by atoms with E-state index in [4.69, 9.17) is 0 Å². The van der Waals surface area contributed by atoms with Crippen LogP contribution in [0.25, 0.3) is 0 Å². The van der Waals surface area contributed by atoms with Gasteiger partial charge in [0.2, 0.25) is 0 Å². The molecule has 120 valence electrons. The first kappa shape index (κ1) is 17.7. The molecule has 0 aliphatic rings. The van der Waals surface area contributed by atoms with Gasteiger partial charge < -0.3 is 15.5 Å². The summed E-state index contributed by atoms with van der Waals surface area (Å²) in [4.78, 5) is 11.5. The molecule has 0 saturated carbocycles. The molecule has 0 unspecified atom stereocenters. The summed E-state index contributed by atoms with van der Waals surface area (Å²) < 4.78 is 0. The van der Waals surface area contributed by atoms with Crippen LogP contribution < -0.4 is 10.6 Å². The number of nitrogens with zero attached hydrogens (tertiary/aromatic N) is 3.